The van der Waals surface area contributed by atoms with Gasteiger partial charge in [-0.2, -0.15) is 0 Å². The Morgan fingerprint density at radius 3 is 2.83 bits per heavy atom. The van der Waals surface area contributed by atoms with E-state index < -0.39 is 0 Å². The van der Waals surface area contributed by atoms with Gasteiger partial charge in [-0.25, -0.2) is 9.97 Å². The van der Waals surface area contributed by atoms with Crippen molar-refractivity contribution in [2.45, 2.75) is 32.7 Å². The Morgan fingerprint density at radius 2 is 2.22 bits per heavy atom. The maximum Gasteiger partial charge on any atom is 0.134 e. The monoisotopic (exact) mass is 250 g/mol. The van der Waals surface area contributed by atoms with Crippen LogP contribution in [0, 0.1) is 5.92 Å². The van der Waals surface area contributed by atoms with E-state index in [9.17, 15) is 0 Å². The average molecular weight is 250 g/mol. The molecule has 0 aliphatic carbocycles. The molecule has 1 saturated heterocycles. The average Bonchev–Trinajstić information content (AvgIpc) is 2.92. The lowest BCUT2D eigenvalue weighted by molar-refractivity contribution is 0.183. The summed E-state index contributed by atoms with van der Waals surface area (Å²) in [5.41, 5.74) is 1.14. The number of ether oxygens (including phenoxy) is 1. The van der Waals surface area contributed by atoms with E-state index in [2.05, 4.69) is 34.4 Å². The number of anilines is 2. The molecule has 2 heterocycles. The van der Waals surface area contributed by atoms with Gasteiger partial charge in [0.05, 0.1) is 6.61 Å². The minimum Gasteiger partial charge on any atom is -0.381 e. The number of aromatic nitrogens is 2. The highest BCUT2D eigenvalue weighted by Crippen LogP contribution is 2.24. The van der Waals surface area contributed by atoms with E-state index in [1.54, 1.807) is 6.33 Å². The van der Waals surface area contributed by atoms with Crippen molar-refractivity contribution < 1.29 is 4.74 Å². The van der Waals surface area contributed by atoms with Gasteiger partial charge in [0.25, 0.3) is 0 Å². The van der Waals surface area contributed by atoms with E-state index >= 15 is 0 Å². The van der Waals surface area contributed by atoms with Gasteiger partial charge in [0.15, 0.2) is 0 Å². The molecular formula is C13H22N4O. The van der Waals surface area contributed by atoms with Gasteiger partial charge < -0.3 is 15.4 Å². The molecule has 1 fully saturated rings. The first-order valence-corrected chi connectivity index (χ1v) is 6.62. The highest BCUT2D eigenvalue weighted by atomic mass is 16.5. The molecule has 18 heavy (non-hydrogen) atoms. The molecular weight excluding hydrogens is 228 g/mol. The zero-order valence-electron chi connectivity index (χ0n) is 11.4. The molecule has 0 aromatic carbocycles. The Morgan fingerprint density at radius 1 is 1.44 bits per heavy atom. The van der Waals surface area contributed by atoms with Gasteiger partial charge in [-0.1, -0.05) is 6.92 Å². The summed E-state index contributed by atoms with van der Waals surface area (Å²) in [5, 5.41) is 6.62. The van der Waals surface area contributed by atoms with Crippen molar-refractivity contribution in [2.75, 3.05) is 30.9 Å². The number of nitrogens with zero attached hydrogens (tertiary/aromatic N) is 2. The summed E-state index contributed by atoms with van der Waals surface area (Å²) in [6, 6.07) is 0.373. The van der Waals surface area contributed by atoms with E-state index in [1.807, 2.05) is 7.05 Å². The molecule has 2 unspecified atom stereocenters. The molecule has 0 saturated carbocycles. The first-order valence-electron chi connectivity index (χ1n) is 6.62. The fraction of sp³-hybridized carbons (Fsp3) is 0.692. The zero-order valence-corrected chi connectivity index (χ0v) is 11.4. The van der Waals surface area contributed by atoms with E-state index in [0.29, 0.717) is 12.0 Å². The van der Waals surface area contributed by atoms with Gasteiger partial charge >= 0.3 is 0 Å². The van der Waals surface area contributed by atoms with E-state index in [1.165, 1.54) is 0 Å². The van der Waals surface area contributed by atoms with Crippen molar-refractivity contribution in [3.8, 4) is 0 Å². The fourth-order valence-electron chi connectivity index (χ4n) is 2.37. The third-order valence-electron chi connectivity index (χ3n) is 3.57. The summed E-state index contributed by atoms with van der Waals surface area (Å²) in [7, 11) is 1.89. The van der Waals surface area contributed by atoms with Gasteiger partial charge in [-0.05, 0) is 19.8 Å². The van der Waals surface area contributed by atoms with Gasteiger partial charge in [-0.15, -0.1) is 0 Å². The van der Waals surface area contributed by atoms with Crippen LogP contribution in [0.25, 0.3) is 0 Å². The molecule has 0 bridgehead atoms. The first kappa shape index (κ1) is 13.1. The molecule has 2 rings (SSSR count). The second-order valence-electron chi connectivity index (χ2n) is 4.71. The molecule has 1 aliphatic rings. The lowest BCUT2D eigenvalue weighted by Gasteiger charge is -2.22. The van der Waals surface area contributed by atoms with Gasteiger partial charge in [-0.3, -0.25) is 0 Å². The second-order valence-corrected chi connectivity index (χ2v) is 4.71. The SMILES string of the molecule is CCc1c(NC)ncnc1NC(C)C1CCOC1. The fourth-order valence-corrected chi connectivity index (χ4v) is 2.37. The summed E-state index contributed by atoms with van der Waals surface area (Å²) in [6.45, 7) is 6.04. The molecule has 2 N–H and O–H groups in total. The topological polar surface area (TPSA) is 59.1 Å². The van der Waals surface area contributed by atoms with Crippen molar-refractivity contribution in [3.63, 3.8) is 0 Å². The number of hydrogen-bond donors (Lipinski definition) is 2. The van der Waals surface area contributed by atoms with Crippen LogP contribution in [0.5, 0.6) is 0 Å². The third kappa shape index (κ3) is 2.72. The first-order chi connectivity index (χ1) is 8.76. The smallest absolute Gasteiger partial charge is 0.134 e. The molecule has 100 valence electrons. The van der Waals surface area contributed by atoms with Gasteiger partial charge in [0.1, 0.15) is 18.0 Å². The minimum atomic E-state index is 0.373. The van der Waals surface area contributed by atoms with Crippen molar-refractivity contribution in [3.05, 3.63) is 11.9 Å². The highest BCUT2D eigenvalue weighted by Gasteiger charge is 2.23. The summed E-state index contributed by atoms with van der Waals surface area (Å²) in [5.74, 6) is 2.42. The molecule has 1 aromatic heterocycles. The van der Waals surface area contributed by atoms with Crippen LogP contribution in [0.4, 0.5) is 11.6 Å². The molecule has 0 amide bonds. The quantitative estimate of drug-likeness (QED) is 0.836. The predicted molar refractivity (Wildman–Crippen MR) is 73.0 cm³/mol. The van der Waals surface area contributed by atoms with Crippen molar-refractivity contribution in [1.29, 1.82) is 0 Å². The molecule has 2 atom stereocenters. The Bertz CT molecular complexity index is 391. The molecule has 5 heteroatoms. The zero-order chi connectivity index (χ0) is 13.0. The van der Waals surface area contributed by atoms with Crippen molar-refractivity contribution >= 4 is 11.6 Å². The van der Waals surface area contributed by atoms with Crippen LogP contribution in [0.15, 0.2) is 6.33 Å². The minimum absolute atomic E-state index is 0.373. The van der Waals surface area contributed by atoms with Gasteiger partial charge in [0, 0.05) is 31.2 Å². The largest absolute Gasteiger partial charge is 0.381 e. The predicted octanol–water partition coefficient (Wildman–Crippen LogP) is 1.92. The number of hydrogen-bond acceptors (Lipinski definition) is 5. The van der Waals surface area contributed by atoms with Crippen LogP contribution in [0.3, 0.4) is 0 Å². The summed E-state index contributed by atoms with van der Waals surface area (Å²) in [6.07, 6.45) is 3.64. The molecule has 0 spiro atoms. The van der Waals surface area contributed by atoms with Crippen LogP contribution in [0.1, 0.15) is 25.8 Å². The Kier molecular flexibility index (Phi) is 4.36. The molecule has 1 aromatic rings. The Hall–Kier alpha value is -1.36. The van der Waals surface area contributed by atoms with E-state index in [-0.39, 0.29) is 0 Å². The summed E-state index contributed by atoms with van der Waals surface area (Å²) >= 11 is 0. The van der Waals surface area contributed by atoms with Crippen LogP contribution in [-0.4, -0.2) is 36.3 Å². The van der Waals surface area contributed by atoms with Crippen molar-refractivity contribution in [2.24, 2.45) is 5.92 Å². The van der Waals surface area contributed by atoms with E-state index in [0.717, 1.165) is 43.3 Å². The summed E-state index contributed by atoms with van der Waals surface area (Å²) < 4.78 is 5.43. The van der Waals surface area contributed by atoms with Crippen LogP contribution in [0.2, 0.25) is 0 Å². The standard InChI is InChI=1S/C13H22N4O/c1-4-11-12(14-3)15-8-16-13(11)17-9(2)10-5-6-18-7-10/h8-10H,4-7H2,1-3H3,(H2,14,15,16,17). The molecule has 0 radical (unpaired) electrons. The highest BCUT2D eigenvalue weighted by molar-refractivity contribution is 5.57. The maximum absolute atomic E-state index is 5.43. The van der Waals surface area contributed by atoms with Crippen molar-refractivity contribution in [1.82, 2.24) is 9.97 Å². The van der Waals surface area contributed by atoms with Crippen LogP contribution < -0.4 is 10.6 Å². The molecule has 1 aliphatic heterocycles. The summed E-state index contributed by atoms with van der Waals surface area (Å²) in [4.78, 5) is 8.61. The maximum atomic E-state index is 5.43. The Balaban J connectivity index is 2.12. The normalized spacial score (nSPS) is 20.7. The third-order valence-corrected chi connectivity index (χ3v) is 3.57. The van der Waals surface area contributed by atoms with Crippen LogP contribution in [-0.2, 0) is 11.2 Å². The van der Waals surface area contributed by atoms with Crippen LogP contribution >= 0.6 is 0 Å². The van der Waals surface area contributed by atoms with E-state index in [4.69, 9.17) is 4.74 Å². The lowest BCUT2D eigenvalue weighted by Crippen LogP contribution is -2.27. The van der Waals surface area contributed by atoms with Gasteiger partial charge in [0.2, 0.25) is 0 Å². The number of rotatable bonds is 5. The lowest BCUT2D eigenvalue weighted by atomic mass is 10.0. The second kappa shape index (κ2) is 6.00. The Labute approximate surface area is 108 Å². The number of nitrogens with one attached hydrogen (secondary N) is 2. The molecule has 5 nitrogen and oxygen atoms in total.